The van der Waals surface area contributed by atoms with Gasteiger partial charge in [0, 0.05) is 41.5 Å². The molecule has 18 nitrogen and oxygen atoms in total. The van der Waals surface area contributed by atoms with E-state index in [9.17, 15) is 33.6 Å². The topological polar surface area (TPSA) is 221 Å². The number of carbonyl (C=O) groups is 7. The number of hydrogen-bond donors (Lipinski definition) is 0. The van der Waals surface area contributed by atoms with E-state index in [4.69, 9.17) is 52.1 Å². The Labute approximate surface area is 283 Å². The van der Waals surface area contributed by atoms with Crippen LogP contribution in [0.25, 0.3) is 0 Å². The Bertz CT molecular complexity index is 1170. The molecule has 18 heteroatoms. The SMILES string of the molecule is CCCCOC(=O)CC(C)OC1OC(COC2OCC(OC(C)=O)C(OC(C)=O)C2OC(C)=O)C(OC(C)=O)C(OC(C)=O)C1OC(C)=O. The van der Waals surface area contributed by atoms with Crippen molar-refractivity contribution in [1.82, 2.24) is 0 Å². The number of carbonyl (C=O) groups excluding carboxylic acids is 7. The van der Waals surface area contributed by atoms with Crippen LogP contribution in [0.3, 0.4) is 0 Å². The Kier molecular flexibility index (Phi) is 16.8. The molecule has 2 heterocycles. The average Bonchev–Trinajstić information content (AvgIpc) is 2.96. The summed E-state index contributed by atoms with van der Waals surface area (Å²) in [6.07, 6.45) is -12.4. The van der Waals surface area contributed by atoms with Gasteiger partial charge in [-0.3, -0.25) is 33.6 Å². The third-order valence-electron chi connectivity index (χ3n) is 6.81. The lowest BCUT2D eigenvalue weighted by Gasteiger charge is -2.45. The highest BCUT2D eigenvalue weighted by atomic mass is 16.8. The van der Waals surface area contributed by atoms with E-state index in [-0.39, 0.29) is 19.6 Å². The summed E-state index contributed by atoms with van der Waals surface area (Å²) in [6.45, 7) is 9.36. The van der Waals surface area contributed by atoms with Gasteiger partial charge in [0.1, 0.15) is 6.10 Å². The van der Waals surface area contributed by atoms with Gasteiger partial charge < -0.3 is 52.1 Å². The van der Waals surface area contributed by atoms with E-state index in [1.807, 2.05) is 6.92 Å². The molecular formula is C31H46O18. The zero-order chi connectivity index (χ0) is 36.8. The maximum atomic E-state index is 12.4. The van der Waals surface area contributed by atoms with Crippen LogP contribution >= 0.6 is 0 Å². The van der Waals surface area contributed by atoms with Crippen molar-refractivity contribution in [3.63, 3.8) is 0 Å². The van der Waals surface area contributed by atoms with Crippen molar-refractivity contribution >= 4 is 41.8 Å². The molecule has 0 aromatic heterocycles. The highest BCUT2D eigenvalue weighted by Gasteiger charge is 2.54. The van der Waals surface area contributed by atoms with E-state index in [0.717, 1.165) is 48.0 Å². The third-order valence-corrected chi connectivity index (χ3v) is 6.81. The van der Waals surface area contributed by atoms with Crippen LogP contribution in [0.1, 0.15) is 74.7 Å². The van der Waals surface area contributed by atoms with Crippen molar-refractivity contribution in [2.75, 3.05) is 19.8 Å². The van der Waals surface area contributed by atoms with Crippen LogP contribution in [0.2, 0.25) is 0 Å². The minimum absolute atomic E-state index is 0.216. The van der Waals surface area contributed by atoms with E-state index < -0.39 is 110 Å². The van der Waals surface area contributed by atoms with Gasteiger partial charge in [-0.2, -0.15) is 0 Å². The molecule has 0 radical (unpaired) electrons. The Hall–Kier alpha value is -3.87. The molecule has 49 heavy (non-hydrogen) atoms. The summed E-state index contributed by atoms with van der Waals surface area (Å²) in [5.41, 5.74) is 0. The van der Waals surface area contributed by atoms with Gasteiger partial charge in [0.05, 0.1) is 32.3 Å². The predicted molar refractivity (Wildman–Crippen MR) is 159 cm³/mol. The largest absolute Gasteiger partial charge is 0.466 e. The first-order valence-corrected chi connectivity index (χ1v) is 15.7. The monoisotopic (exact) mass is 706 g/mol. The van der Waals surface area contributed by atoms with Crippen molar-refractivity contribution in [3.8, 4) is 0 Å². The standard InChI is InChI=1S/C31H46O18/c1-9-10-11-39-24(38)12-15(2)42-31-29(48-21(8)37)27(46-19(6)35)25(44-17(4)33)23(49-31)14-41-30-28(47-20(7)36)26(45-18(5)34)22(13-40-30)43-16(3)32/h15,22-23,25-31H,9-14H2,1-8H3. The zero-order valence-electron chi connectivity index (χ0n) is 28.9. The van der Waals surface area contributed by atoms with E-state index in [2.05, 4.69) is 0 Å². The fourth-order valence-corrected chi connectivity index (χ4v) is 5.04. The van der Waals surface area contributed by atoms with Gasteiger partial charge in [-0.25, -0.2) is 0 Å². The number of unbranched alkanes of at least 4 members (excludes halogenated alkanes) is 1. The summed E-state index contributed by atoms with van der Waals surface area (Å²) >= 11 is 0. The van der Waals surface area contributed by atoms with Crippen LogP contribution in [0.4, 0.5) is 0 Å². The van der Waals surface area contributed by atoms with Gasteiger partial charge in [0.25, 0.3) is 0 Å². The van der Waals surface area contributed by atoms with Crippen LogP contribution in [0.5, 0.6) is 0 Å². The number of ether oxygens (including phenoxy) is 11. The van der Waals surface area contributed by atoms with Gasteiger partial charge in [-0.15, -0.1) is 0 Å². The highest BCUT2D eigenvalue weighted by Crippen LogP contribution is 2.32. The molecule has 10 atom stereocenters. The molecule has 0 amide bonds. The fraction of sp³-hybridized carbons (Fsp3) is 0.774. The van der Waals surface area contributed by atoms with Crippen molar-refractivity contribution in [2.45, 2.75) is 136 Å². The van der Waals surface area contributed by atoms with E-state index in [1.54, 1.807) is 0 Å². The summed E-state index contributed by atoms with van der Waals surface area (Å²) in [7, 11) is 0. The van der Waals surface area contributed by atoms with Gasteiger partial charge in [-0.05, 0) is 13.3 Å². The smallest absolute Gasteiger partial charge is 0.308 e. The van der Waals surface area contributed by atoms with Gasteiger partial charge >= 0.3 is 41.8 Å². The van der Waals surface area contributed by atoms with E-state index in [1.165, 1.54) is 6.92 Å². The summed E-state index contributed by atoms with van der Waals surface area (Å²) in [6, 6.07) is 0. The molecule has 0 saturated carbocycles. The first-order valence-electron chi connectivity index (χ1n) is 15.7. The lowest BCUT2D eigenvalue weighted by molar-refractivity contribution is -0.330. The molecule has 2 aliphatic heterocycles. The second kappa shape index (κ2) is 20.0. The quantitative estimate of drug-likeness (QED) is 0.123. The number of hydrogen-bond acceptors (Lipinski definition) is 18. The molecule has 0 aliphatic carbocycles. The molecule has 0 aromatic carbocycles. The Morgan fingerprint density at radius 2 is 1.14 bits per heavy atom. The first-order chi connectivity index (χ1) is 23.0. The molecule has 2 aliphatic rings. The van der Waals surface area contributed by atoms with Crippen LogP contribution in [-0.2, 0) is 85.7 Å². The van der Waals surface area contributed by atoms with Crippen LogP contribution in [0, 0.1) is 0 Å². The molecule has 2 saturated heterocycles. The average molecular weight is 707 g/mol. The lowest BCUT2D eigenvalue weighted by atomic mass is 9.97. The second-order valence-electron chi connectivity index (χ2n) is 11.3. The van der Waals surface area contributed by atoms with Gasteiger partial charge in [0.15, 0.2) is 49.2 Å². The minimum atomic E-state index is -1.51. The third kappa shape index (κ3) is 13.9. The normalized spacial score (nSPS) is 28.6. The zero-order valence-corrected chi connectivity index (χ0v) is 28.9. The van der Waals surface area contributed by atoms with Gasteiger partial charge in [0.2, 0.25) is 0 Å². The maximum absolute atomic E-state index is 12.4. The number of rotatable bonds is 16. The molecule has 0 aromatic rings. The Morgan fingerprint density at radius 1 is 0.653 bits per heavy atom. The molecule has 0 spiro atoms. The van der Waals surface area contributed by atoms with Crippen molar-refractivity contribution in [2.24, 2.45) is 0 Å². The number of esters is 7. The molecule has 278 valence electrons. The molecule has 2 rings (SSSR count). The summed E-state index contributed by atoms with van der Waals surface area (Å²) < 4.78 is 61.1. The maximum Gasteiger partial charge on any atom is 0.308 e. The van der Waals surface area contributed by atoms with Crippen molar-refractivity contribution in [1.29, 1.82) is 0 Å². The van der Waals surface area contributed by atoms with Crippen molar-refractivity contribution < 1.29 is 85.7 Å². The van der Waals surface area contributed by atoms with E-state index >= 15 is 0 Å². The summed E-state index contributed by atoms with van der Waals surface area (Å²) in [5.74, 6) is -5.36. The summed E-state index contributed by atoms with van der Waals surface area (Å²) in [4.78, 5) is 84.7. The van der Waals surface area contributed by atoms with Crippen molar-refractivity contribution in [3.05, 3.63) is 0 Å². The van der Waals surface area contributed by atoms with E-state index in [0.29, 0.717) is 6.42 Å². The lowest BCUT2D eigenvalue weighted by Crippen LogP contribution is -2.64. The summed E-state index contributed by atoms with van der Waals surface area (Å²) in [5, 5.41) is 0. The van der Waals surface area contributed by atoms with Crippen LogP contribution < -0.4 is 0 Å². The molecular weight excluding hydrogens is 660 g/mol. The predicted octanol–water partition coefficient (Wildman–Crippen LogP) is 0.813. The molecule has 2 fully saturated rings. The fourth-order valence-electron chi connectivity index (χ4n) is 5.04. The van der Waals surface area contributed by atoms with Crippen LogP contribution in [-0.4, -0.2) is 123 Å². The Balaban J connectivity index is 2.43. The molecule has 0 bridgehead atoms. The first kappa shape index (κ1) is 41.3. The second-order valence-corrected chi connectivity index (χ2v) is 11.3. The molecule has 0 N–H and O–H groups in total. The van der Waals surface area contributed by atoms with Gasteiger partial charge in [-0.1, -0.05) is 13.3 Å². The molecule has 10 unspecified atom stereocenters. The minimum Gasteiger partial charge on any atom is -0.466 e. The Morgan fingerprint density at radius 3 is 1.67 bits per heavy atom. The van der Waals surface area contributed by atoms with Crippen LogP contribution in [0.15, 0.2) is 0 Å². The highest BCUT2D eigenvalue weighted by molar-refractivity contribution is 5.70.